The summed E-state index contributed by atoms with van der Waals surface area (Å²) in [5.41, 5.74) is -1.23. The van der Waals surface area contributed by atoms with E-state index < -0.39 is 11.6 Å². The Morgan fingerprint density at radius 2 is 1.95 bits per heavy atom. The molecule has 0 amide bonds. The highest BCUT2D eigenvalue weighted by molar-refractivity contribution is 5.34. The van der Waals surface area contributed by atoms with Crippen LogP contribution in [0, 0.1) is 5.41 Å². The van der Waals surface area contributed by atoms with Gasteiger partial charge < -0.3 is 10.1 Å². The van der Waals surface area contributed by atoms with Gasteiger partial charge in [-0.1, -0.05) is 0 Å². The van der Waals surface area contributed by atoms with Crippen molar-refractivity contribution >= 4 is 0 Å². The Morgan fingerprint density at radius 1 is 1.24 bits per heavy atom. The van der Waals surface area contributed by atoms with Crippen molar-refractivity contribution in [2.75, 3.05) is 13.1 Å². The lowest BCUT2D eigenvalue weighted by molar-refractivity contribution is -0.161. The molecule has 2 aliphatic carbocycles. The van der Waals surface area contributed by atoms with Gasteiger partial charge in [-0.25, -0.2) is 0 Å². The van der Waals surface area contributed by atoms with Crippen molar-refractivity contribution in [2.45, 2.75) is 43.4 Å². The molecule has 1 aliphatic heterocycles. The van der Waals surface area contributed by atoms with Gasteiger partial charge in [-0.2, -0.15) is 13.2 Å². The highest BCUT2D eigenvalue weighted by Crippen LogP contribution is 2.58. The molecule has 1 saturated heterocycles. The molecule has 2 heterocycles. The highest BCUT2D eigenvalue weighted by Gasteiger charge is 2.65. The molecule has 0 aromatic carbocycles. The molecule has 3 aliphatic rings. The Bertz CT molecular complexity index is 556. The molecule has 1 N–H and O–H groups in total. The van der Waals surface area contributed by atoms with E-state index in [1.807, 2.05) is 0 Å². The minimum Gasteiger partial charge on any atom is -0.490 e. The average Bonchev–Trinajstić information content (AvgIpc) is 3.11. The Balaban J connectivity index is 1.47. The summed E-state index contributed by atoms with van der Waals surface area (Å²) < 4.78 is 45.2. The third-order valence-corrected chi connectivity index (χ3v) is 5.14. The zero-order valence-corrected chi connectivity index (χ0v) is 11.5. The number of hydrogen-bond donors (Lipinski definition) is 1. The van der Waals surface area contributed by atoms with Crippen LogP contribution >= 0.6 is 0 Å². The fraction of sp³-hybridized carbons (Fsp3) is 0.667. The van der Waals surface area contributed by atoms with Gasteiger partial charge in [0.2, 0.25) is 0 Å². The average molecular weight is 298 g/mol. The van der Waals surface area contributed by atoms with E-state index >= 15 is 0 Å². The predicted molar refractivity (Wildman–Crippen MR) is 70.2 cm³/mol. The van der Waals surface area contributed by atoms with Crippen LogP contribution in [0.25, 0.3) is 0 Å². The zero-order valence-electron chi connectivity index (χ0n) is 11.5. The van der Waals surface area contributed by atoms with Crippen LogP contribution in [0.5, 0.6) is 5.75 Å². The Kier molecular flexibility index (Phi) is 2.62. The number of nitrogens with zero attached hydrogens (tertiary/aromatic N) is 1. The largest absolute Gasteiger partial charge is 0.490 e. The van der Waals surface area contributed by atoms with Gasteiger partial charge in [0.1, 0.15) is 11.2 Å². The van der Waals surface area contributed by atoms with Crippen LogP contribution in [0.2, 0.25) is 0 Å². The number of rotatable bonds is 3. The smallest absolute Gasteiger partial charge is 0.399 e. The third kappa shape index (κ3) is 2.03. The molecule has 2 saturated carbocycles. The van der Waals surface area contributed by atoms with Crippen LogP contribution in [0.15, 0.2) is 18.3 Å². The third-order valence-electron chi connectivity index (χ3n) is 5.14. The number of ether oxygens (including phenoxy) is 1. The summed E-state index contributed by atoms with van der Waals surface area (Å²) in [5.74, 6) is 0.516. The second-order valence-electron chi connectivity index (χ2n) is 6.71. The second kappa shape index (κ2) is 4.12. The summed E-state index contributed by atoms with van der Waals surface area (Å²) in [5, 5.41) is 3.25. The van der Waals surface area contributed by atoms with Crippen LogP contribution in [-0.2, 0) is 5.41 Å². The fourth-order valence-electron chi connectivity index (χ4n) is 3.51. The number of hydrogen-bond acceptors (Lipinski definition) is 3. The molecular formula is C15H17F3N2O. The minimum atomic E-state index is -4.23. The summed E-state index contributed by atoms with van der Waals surface area (Å²) in [6.45, 7) is 2.07. The van der Waals surface area contributed by atoms with Gasteiger partial charge >= 0.3 is 6.18 Å². The molecule has 0 unspecified atom stereocenters. The molecule has 1 spiro atoms. The van der Waals surface area contributed by atoms with Crippen LogP contribution in [0.4, 0.5) is 13.2 Å². The maximum absolute atomic E-state index is 13.1. The number of pyridine rings is 1. The van der Waals surface area contributed by atoms with E-state index in [4.69, 9.17) is 4.74 Å². The zero-order chi connectivity index (χ0) is 14.7. The molecule has 3 nitrogen and oxygen atoms in total. The normalized spacial score (nSPS) is 26.0. The molecule has 6 heteroatoms. The van der Waals surface area contributed by atoms with Gasteiger partial charge in [0.15, 0.2) is 0 Å². The van der Waals surface area contributed by atoms with E-state index in [-0.39, 0.29) is 24.6 Å². The van der Waals surface area contributed by atoms with Crippen molar-refractivity contribution in [1.82, 2.24) is 10.3 Å². The van der Waals surface area contributed by atoms with E-state index in [0.717, 1.165) is 25.9 Å². The summed E-state index contributed by atoms with van der Waals surface area (Å²) in [4.78, 5) is 3.94. The van der Waals surface area contributed by atoms with Crippen molar-refractivity contribution < 1.29 is 17.9 Å². The first kappa shape index (κ1) is 13.4. The first-order valence-electron chi connectivity index (χ1n) is 7.33. The molecule has 0 atom stereocenters. The molecule has 3 fully saturated rings. The summed E-state index contributed by atoms with van der Waals surface area (Å²) >= 11 is 0. The number of aromatic nitrogens is 1. The Hall–Kier alpha value is -1.30. The Labute approximate surface area is 120 Å². The van der Waals surface area contributed by atoms with Crippen LogP contribution in [0.3, 0.4) is 0 Å². The number of halogens is 3. The first-order valence-corrected chi connectivity index (χ1v) is 7.33. The van der Waals surface area contributed by atoms with Crippen molar-refractivity contribution in [2.24, 2.45) is 5.41 Å². The molecule has 1 aromatic heterocycles. The van der Waals surface area contributed by atoms with Gasteiger partial charge in [-0.3, -0.25) is 4.98 Å². The first-order chi connectivity index (χ1) is 9.93. The minimum absolute atomic E-state index is 0.104. The quantitative estimate of drug-likeness (QED) is 0.932. The fourth-order valence-corrected chi connectivity index (χ4v) is 3.51. The SMILES string of the molecule is FC(F)(F)C1(c2cc(OC3CC4(CNC4)C3)ccn2)CC1. The molecular weight excluding hydrogens is 281 g/mol. The lowest BCUT2D eigenvalue weighted by Crippen LogP contribution is -2.62. The molecule has 21 heavy (non-hydrogen) atoms. The lowest BCUT2D eigenvalue weighted by atomic mass is 9.63. The lowest BCUT2D eigenvalue weighted by Gasteiger charge is -2.53. The number of nitrogens with one attached hydrogen (secondary N) is 1. The van der Waals surface area contributed by atoms with E-state index in [9.17, 15) is 13.2 Å². The predicted octanol–water partition coefficient (Wildman–Crippen LogP) is 2.81. The van der Waals surface area contributed by atoms with Crippen molar-refractivity contribution in [3.63, 3.8) is 0 Å². The highest BCUT2D eigenvalue weighted by atomic mass is 19.4. The summed E-state index contributed by atoms with van der Waals surface area (Å²) in [7, 11) is 0. The standard InChI is InChI=1S/C15H17F3N2O/c16-15(17,18)14(2-3-14)12-5-10(1-4-20-12)21-11-6-13(7-11)8-19-9-13/h1,4-5,11,19H,2-3,6-9H2. The molecule has 4 rings (SSSR count). The van der Waals surface area contributed by atoms with Crippen molar-refractivity contribution in [3.8, 4) is 5.75 Å². The van der Waals surface area contributed by atoms with E-state index in [1.54, 1.807) is 6.07 Å². The molecule has 0 radical (unpaired) electrons. The van der Waals surface area contributed by atoms with Gasteiger partial charge in [0, 0.05) is 30.8 Å². The Morgan fingerprint density at radius 3 is 2.48 bits per heavy atom. The van der Waals surface area contributed by atoms with E-state index in [0.29, 0.717) is 11.2 Å². The van der Waals surface area contributed by atoms with Crippen molar-refractivity contribution in [3.05, 3.63) is 24.0 Å². The molecule has 1 aromatic rings. The second-order valence-corrected chi connectivity index (χ2v) is 6.71. The van der Waals surface area contributed by atoms with Gasteiger partial charge in [0.05, 0.1) is 11.8 Å². The van der Waals surface area contributed by atoms with E-state index in [1.165, 1.54) is 12.3 Å². The van der Waals surface area contributed by atoms with Crippen LogP contribution in [-0.4, -0.2) is 30.4 Å². The summed E-state index contributed by atoms with van der Waals surface area (Å²) in [6.07, 6.45) is -0.434. The van der Waals surface area contributed by atoms with Crippen LogP contribution in [0.1, 0.15) is 31.4 Å². The molecule has 0 bridgehead atoms. The monoisotopic (exact) mass is 298 g/mol. The van der Waals surface area contributed by atoms with Gasteiger partial charge in [0.25, 0.3) is 0 Å². The van der Waals surface area contributed by atoms with Crippen molar-refractivity contribution in [1.29, 1.82) is 0 Å². The van der Waals surface area contributed by atoms with E-state index in [2.05, 4.69) is 10.3 Å². The molecule has 114 valence electrons. The maximum atomic E-state index is 13.1. The van der Waals surface area contributed by atoms with Gasteiger partial charge in [-0.15, -0.1) is 0 Å². The topological polar surface area (TPSA) is 34.1 Å². The summed E-state index contributed by atoms with van der Waals surface area (Å²) in [6, 6.07) is 3.13. The van der Waals surface area contributed by atoms with Crippen LogP contribution < -0.4 is 10.1 Å². The number of alkyl halides is 3. The maximum Gasteiger partial charge on any atom is 0.399 e. The van der Waals surface area contributed by atoms with Gasteiger partial charge in [-0.05, 0) is 31.7 Å².